The number of nitrogens with zero attached hydrogens (tertiary/aromatic N) is 4. The molecule has 0 saturated carbocycles. The molecule has 1 saturated heterocycles. The Kier molecular flexibility index (Phi) is 6.79. The van der Waals surface area contributed by atoms with Crippen LogP contribution in [0, 0.1) is 17.1 Å². The predicted molar refractivity (Wildman–Crippen MR) is 125 cm³/mol. The van der Waals surface area contributed by atoms with Crippen LogP contribution in [0.25, 0.3) is 0 Å². The third-order valence-corrected chi connectivity index (χ3v) is 5.47. The van der Waals surface area contributed by atoms with Crippen LogP contribution in [0.4, 0.5) is 21.8 Å². The van der Waals surface area contributed by atoms with E-state index in [0.29, 0.717) is 23.6 Å². The van der Waals surface area contributed by atoms with Crippen molar-refractivity contribution in [2.24, 2.45) is 0 Å². The molecule has 0 radical (unpaired) electrons. The number of hydrogen-bond acceptors (Lipinski definition) is 6. The maximum Gasteiger partial charge on any atom is 0.251 e. The van der Waals surface area contributed by atoms with Crippen LogP contribution in [-0.2, 0) is 6.42 Å². The van der Waals surface area contributed by atoms with Gasteiger partial charge in [-0.3, -0.25) is 4.79 Å². The number of aromatic nitrogens is 2. The van der Waals surface area contributed by atoms with Crippen LogP contribution in [0.5, 0.6) is 0 Å². The second-order valence-electron chi connectivity index (χ2n) is 8.02. The molecule has 4 rings (SSSR count). The molecule has 1 atom stereocenters. The Balaban J connectivity index is 1.48. The van der Waals surface area contributed by atoms with E-state index in [4.69, 9.17) is 10.2 Å². The van der Waals surface area contributed by atoms with Crippen LogP contribution in [0.2, 0.25) is 0 Å². The number of aryl methyl sites for hydroxylation is 1. The number of hydrogen-bond donors (Lipinski definition) is 2. The zero-order chi connectivity index (χ0) is 23.2. The third kappa shape index (κ3) is 5.63. The normalized spacial score (nSPS) is 15.2. The quantitative estimate of drug-likeness (QED) is 0.568. The molecular formula is C25H25FN6O. The van der Waals surface area contributed by atoms with Crippen LogP contribution < -0.4 is 15.5 Å². The van der Waals surface area contributed by atoms with Crippen molar-refractivity contribution in [2.75, 3.05) is 23.3 Å². The van der Waals surface area contributed by atoms with Crippen molar-refractivity contribution in [3.8, 4) is 6.07 Å². The Morgan fingerprint density at radius 3 is 2.79 bits per heavy atom. The first-order chi connectivity index (χ1) is 16.0. The van der Waals surface area contributed by atoms with Crippen molar-refractivity contribution in [2.45, 2.75) is 32.2 Å². The molecule has 8 heteroatoms. The average Bonchev–Trinajstić information content (AvgIpc) is 3.28. The summed E-state index contributed by atoms with van der Waals surface area (Å²) in [6, 6.07) is 16.8. The van der Waals surface area contributed by atoms with Gasteiger partial charge in [0.1, 0.15) is 11.6 Å². The lowest BCUT2D eigenvalue weighted by Crippen LogP contribution is -2.37. The number of carbonyl (C=O) groups is 1. The van der Waals surface area contributed by atoms with Crippen LogP contribution in [0.3, 0.4) is 0 Å². The molecule has 1 aliphatic heterocycles. The largest absolute Gasteiger partial charge is 0.354 e. The zero-order valence-electron chi connectivity index (χ0n) is 18.4. The smallest absolute Gasteiger partial charge is 0.251 e. The Morgan fingerprint density at radius 1 is 1.21 bits per heavy atom. The van der Waals surface area contributed by atoms with Crippen LogP contribution in [0.15, 0.2) is 54.6 Å². The molecule has 1 unspecified atom stereocenters. The number of carbonyl (C=O) groups excluding carboxylic acids is 1. The van der Waals surface area contributed by atoms with Gasteiger partial charge in [0, 0.05) is 42.1 Å². The lowest BCUT2D eigenvalue weighted by molar-refractivity contribution is 0.0940. The van der Waals surface area contributed by atoms with Gasteiger partial charge in [-0.05, 0) is 55.3 Å². The number of rotatable bonds is 7. The lowest BCUT2D eigenvalue weighted by Gasteiger charge is -2.20. The van der Waals surface area contributed by atoms with Gasteiger partial charge in [-0.15, -0.1) is 0 Å². The monoisotopic (exact) mass is 444 g/mol. The van der Waals surface area contributed by atoms with E-state index >= 15 is 0 Å². The first-order valence-electron chi connectivity index (χ1n) is 11.0. The highest BCUT2D eigenvalue weighted by molar-refractivity contribution is 5.94. The standard InChI is InChI=1S/C25H25FN6O/c1-2-4-20-14-23(31-25(29-20)30-21-6-3-5-17(13-21)15-27)32-12-11-22(16-32)28-24(33)18-7-9-19(26)10-8-18/h3,5-10,13-14,22H,2,4,11-12,16H2,1H3,(H,28,33)(H,29,30,31). The van der Waals surface area contributed by atoms with Crippen LogP contribution >= 0.6 is 0 Å². The van der Waals surface area contributed by atoms with Gasteiger partial charge < -0.3 is 15.5 Å². The van der Waals surface area contributed by atoms with Crippen LogP contribution in [0.1, 0.15) is 41.4 Å². The second kappa shape index (κ2) is 10.1. The van der Waals surface area contributed by atoms with Gasteiger partial charge in [0.2, 0.25) is 5.95 Å². The lowest BCUT2D eigenvalue weighted by atomic mass is 10.2. The summed E-state index contributed by atoms with van der Waals surface area (Å²) < 4.78 is 13.1. The molecule has 1 aromatic heterocycles. The Morgan fingerprint density at radius 2 is 2.03 bits per heavy atom. The minimum atomic E-state index is -0.367. The van der Waals surface area contributed by atoms with E-state index in [0.717, 1.165) is 43.0 Å². The first-order valence-corrected chi connectivity index (χ1v) is 11.0. The molecule has 7 nitrogen and oxygen atoms in total. The first kappa shape index (κ1) is 22.2. The minimum Gasteiger partial charge on any atom is -0.354 e. The summed E-state index contributed by atoms with van der Waals surface area (Å²) in [6.07, 6.45) is 2.56. The third-order valence-electron chi connectivity index (χ3n) is 5.47. The summed E-state index contributed by atoms with van der Waals surface area (Å²) in [5, 5.41) is 15.4. The van der Waals surface area contributed by atoms with Gasteiger partial charge in [-0.1, -0.05) is 19.4 Å². The fraction of sp³-hybridized carbons (Fsp3) is 0.280. The van der Waals surface area contributed by atoms with E-state index in [-0.39, 0.29) is 17.8 Å². The maximum atomic E-state index is 13.1. The molecule has 168 valence electrons. The molecule has 3 aromatic rings. The van der Waals surface area contributed by atoms with Crippen molar-refractivity contribution in [1.82, 2.24) is 15.3 Å². The highest BCUT2D eigenvalue weighted by atomic mass is 19.1. The average molecular weight is 445 g/mol. The molecule has 1 aliphatic rings. The number of anilines is 3. The SMILES string of the molecule is CCCc1cc(N2CCC(NC(=O)c3ccc(F)cc3)C2)nc(Nc2cccc(C#N)c2)n1. The summed E-state index contributed by atoms with van der Waals surface area (Å²) in [5.74, 6) is 0.695. The van der Waals surface area contributed by atoms with Crippen molar-refractivity contribution >= 4 is 23.4 Å². The fourth-order valence-corrected chi connectivity index (χ4v) is 3.84. The summed E-state index contributed by atoms with van der Waals surface area (Å²) in [7, 11) is 0. The highest BCUT2D eigenvalue weighted by Crippen LogP contribution is 2.23. The summed E-state index contributed by atoms with van der Waals surface area (Å²) in [6.45, 7) is 3.47. The predicted octanol–water partition coefficient (Wildman–Crippen LogP) is 4.19. The van der Waals surface area contributed by atoms with E-state index in [1.54, 1.807) is 12.1 Å². The summed E-state index contributed by atoms with van der Waals surface area (Å²) in [5.41, 5.74) is 2.68. The van der Waals surface area contributed by atoms with Crippen molar-refractivity contribution < 1.29 is 9.18 Å². The van der Waals surface area contributed by atoms with Gasteiger partial charge in [0.25, 0.3) is 5.91 Å². The number of nitrogens with one attached hydrogen (secondary N) is 2. The highest BCUT2D eigenvalue weighted by Gasteiger charge is 2.26. The molecule has 0 bridgehead atoms. The zero-order valence-corrected chi connectivity index (χ0v) is 18.4. The molecule has 2 heterocycles. The fourth-order valence-electron chi connectivity index (χ4n) is 3.84. The van der Waals surface area contributed by atoms with E-state index in [1.807, 2.05) is 18.2 Å². The topological polar surface area (TPSA) is 93.9 Å². The number of amides is 1. The molecule has 0 spiro atoms. The molecular weight excluding hydrogens is 419 g/mol. The van der Waals surface area contributed by atoms with Gasteiger partial charge >= 0.3 is 0 Å². The number of benzene rings is 2. The molecule has 2 aromatic carbocycles. The Bertz CT molecular complexity index is 1170. The van der Waals surface area contributed by atoms with Crippen molar-refractivity contribution in [3.05, 3.63) is 77.2 Å². The van der Waals surface area contributed by atoms with E-state index in [9.17, 15) is 9.18 Å². The van der Waals surface area contributed by atoms with E-state index in [2.05, 4.69) is 33.5 Å². The van der Waals surface area contributed by atoms with E-state index in [1.165, 1.54) is 24.3 Å². The van der Waals surface area contributed by atoms with Crippen molar-refractivity contribution in [3.63, 3.8) is 0 Å². The van der Waals surface area contributed by atoms with Gasteiger partial charge in [0.15, 0.2) is 0 Å². The van der Waals surface area contributed by atoms with Crippen LogP contribution in [-0.4, -0.2) is 35.0 Å². The maximum absolute atomic E-state index is 13.1. The van der Waals surface area contributed by atoms with Gasteiger partial charge in [0.05, 0.1) is 11.6 Å². The number of nitriles is 1. The molecule has 2 N–H and O–H groups in total. The molecule has 1 fully saturated rings. The molecule has 0 aliphatic carbocycles. The number of halogens is 1. The Hall–Kier alpha value is -3.99. The van der Waals surface area contributed by atoms with Crippen molar-refractivity contribution in [1.29, 1.82) is 5.26 Å². The van der Waals surface area contributed by atoms with Gasteiger partial charge in [-0.25, -0.2) is 9.37 Å². The molecule has 1 amide bonds. The van der Waals surface area contributed by atoms with E-state index < -0.39 is 0 Å². The second-order valence-corrected chi connectivity index (χ2v) is 8.02. The Labute approximate surface area is 192 Å². The minimum absolute atomic E-state index is 0.0316. The molecule has 33 heavy (non-hydrogen) atoms. The summed E-state index contributed by atoms with van der Waals surface area (Å²) in [4.78, 5) is 23.9. The van der Waals surface area contributed by atoms with Gasteiger partial charge in [-0.2, -0.15) is 10.2 Å². The summed E-state index contributed by atoms with van der Waals surface area (Å²) >= 11 is 0.